The van der Waals surface area contributed by atoms with Gasteiger partial charge < -0.3 is 5.11 Å². The van der Waals surface area contributed by atoms with E-state index in [1.165, 1.54) is 0 Å². The number of aliphatic hydroxyl groups excluding tert-OH is 1. The van der Waals surface area contributed by atoms with Gasteiger partial charge in [-0.25, -0.2) is 9.67 Å². The Morgan fingerprint density at radius 2 is 2.43 bits per heavy atom. The van der Waals surface area contributed by atoms with E-state index < -0.39 is 0 Å². The van der Waals surface area contributed by atoms with Crippen molar-refractivity contribution < 1.29 is 5.11 Å². The van der Waals surface area contributed by atoms with Crippen LogP contribution in [0.4, 0.5) is 0 Å². The Labute approximate surface area is 85.0 Å². The normalized spacial score (nSPS) is 10.6. The molecule has 0 aliphatic rings. The van der Waals surface area contributed by atoms with E-state index in [0.29, 0.717) is 13.0 Å². The third-order valence-corrected chi connectivity index (χ3v) is 2.50. The number of hydrogen-bond acceptors (Lipinski definition) is 5. The summed E-state index contributed by atoms with van der Waals surface area (Å²) >= 11 is 1.59. The van der Waals surface area contributed by atoms with Crippen LogP contribution in [0.5, 0.6) is 0 Å². The monoisotopic (exact) mass is 210 g/mol. The molecule has 5 nitrogen and oxygen atoms in total. The molecule has 0 radical (unpaired) electrons. The van der Waals surface area contributed by atoms with E-state index in [2.05, 4.69) is 15.3 Å². The van der Waals surface area contributed by atoms with Gasteiger partial charge in [-0.05, 0) is 0 Å². The van der Waals surface area contributed by atoms with E-state index in [1.54, 1.807) is 22.2 Å². The number of rotatable bonds is 4. The summed E-state index contributed by atoms with van der Waals surface area (Å²) in [7, 11) is 0. The largest absolute Gasteiger partial charge is 0.396 e. The van der Waals surface area contributed by atoms with Gasteiger partial charge in [0.1, 0.15) is 5.01 Å². The second-order valence-electron chi connectivity index (χ2n) is 2.81. The van der Waals surface area contributed by atoms with E-state index in [-0.39, 0.29) is 6.61 Å². The second kappa shape index (κ2) is 4.30. The van der Waals surface area contributed by atoms with Crippen molar-refractivity contribution in [2.45, 2.75) is 13.0 Å². The molecule has 0 saturated carbocycles. The first-order chi connectivity index (χ1) is 6.88. The summed E-state index contributed by atoms with van der Waals surface area (Å²) in [5.74, 6) is 0. The zero-order chi connectivity index (χ0) is 9.80. The Morgan fingerprint density at radius 3 is 3.14 bits per heavy atom. The second-order valence-corrected chi connectivity index (χ2v) is 3.79. The Hall–Kier alpha value is -1.27. The molecule has 0 aliphatic heterocycles. The molecule has 6 heteroatoms. The fourth-order valence-corrected chi connectivity index (χ4v) is 1.72. The van der Waals surface area contributed by atoms with E-state index in [0.717, 1.165) is 10.7 Å². The van der Waals surface area contributed by atoms with Gasteiger partial charge in [0.05, 0.1) is 12.2 Å². The average molecular weight is 210 g/mol. The van der Waals surface area contributed by atoms with E-state index in [4.69, 9.17) is 5.11 Å². The molecule has 2 aromatic heterocycles. The number of thiazole rings is 1. The van der Waals surface area contributed by atoms with Crippen molar-refractivity contribution in [1.82, 2.24) is 20.0 Å². The average Bonchev–Trinajstić information content (AvgIpc) is 2.79. The van der Waals surface area contributed by atoms with Gasteiger partial charge in [-0.15, -0.1) is 16.4 Å². The van der Waals surface area contributed by atoms with Crippen molar-refractivity contribution in [2.24, 2.45) is 0 Å². The van der Waals surface area contributed by atoms with Gasteiger partial charge in [0.15, 0.2) is 0 Å². The summed E-state index contributed by atoms with van der Waals surface area (Å²) in [5.41, 5.74) is 0.809. The maximum atomic E-state index is 8.70. The minimum Gasteiger partial charge on any atom is -0.396 e. The lowest BCUT2D eigenvalue weighted by atomic mass is 10.3. The first-order valence-corrected chi connectivity index (χ1v) is 5.14. The first-order valence-electron chi connectivity index (χ1n) is 4.27. The molecule has 0 saturated heterocycles. The van der Waals surface area contributed by atoms with Crippen LogP contribution in [0.25, 0.3) is 0 Å². The van der Waals surface area contributed by atoms with Crippen molar-refractivity contribution in [3.63, 3.8) is 0 Å². The topological polar surface area (TPSA) is 63.8 Å². The molecule has 0 bridgehead atoms. The maximum Gasteiger partial charge on any atom is 0.114 e. The smallest absolute Gasteiger partial charge is 0.114 e. The Bertz CT molecular complexity index is 384. The molecule has 0 unspecified atom stereocenters. The zero-order valence-electron chi connectivity index (χ0n) is 7.50. The third kappa shape index (κ3) is 2.15. The molecule has 0 amide bonds. The molecule has 2 aromatic rings. The van der Waals surface area contributed by atoms with E-state index in [1.807, 2.05) is 11.6 Å². The van der Waals surface area contributed by atoms with Crippen LogP contribution in [0.1, 0.15) is 10.7 Å². The van der Waals surface area contributed by atoms with Crippen LogP contribution in [-0.2, 0) is 13.0 Å². The fourth-order valence-electron chi connectivity index (χ4n) is 1.11. The van der Waals surface area contributed by atoms with Crippen LogP contribution in [0, 0.1) is 0 Å². The molecular formula is C8H10N4OS. The summed E-state index contributed by atoms with van der Waals surface area (Å²) in [5, 5.41) is 19.5. The van der Waals surface area contributed by atoms with Gasteiger partial charge in [-0.1, -0.05) is 5.21 Å². The van der Waals surface area contributed by atoms with Crippen LogP contribution < -0.4 is 0 Å². The van der Waals surface area contributed by atoms with Crippen molar-refractivity contribution in [3.05, 3.63) is 28.5 Å². The molecule has 0 spiro atoms. The summed E-state index contributed by atoms with van der Waals surface area (Å²) in [6.45, 7) is 0.756. The summed E-state index contributed by atoms with van der Waals surface area (Å²) in [6, 6.07) is 0. The molecule has 2 heterocycles. The van der Waals surface area contributed by atoms with Crippen molar-refractivity contribution in [2.75, 3.05) is 6.61 Å². The van der Waals surface area contributed by atoms with Crippen LogP contribution in [0.3, 0.4) is 0 Å². The highest BCUT2D eigenvalue weighted by atomic mass is 32.1. The van der Waals surface area contributed by atoms with Gasteiger partial charge >= 0.3 is 0 Å². The molecule has 0 aromatic carbocycles. The lowest BCUT2D eigenvalue weighted by molar-refractivity contribution is 0.298. The predicted octanol–water partition coefficient (Wildman–Crippen LogP) is 0.318. The summed E-state index contributed by atoms with van der Waals surface area (Å²) in [4.78, 5) is 4.15. The highest BCUT2D eigenvalue weighted by Crippen LogP contribution is 2.05. The summed E-state index contributed by atoms with van der Waals surface area (Å²) in [6.07, 6.45) is 4.15. The number of nitrogens with zero attached hydrogens (tertiary/aromatic N) is 4. The lowest BCUT2D eigenvalue weighted by Gasteiger charge is -1.93. The SMILES string of the molecule is OCCc1cn(Cc2nccs2)nn1. The fraction of sp³-hybridized carbons (Fsp3) is 0.375. The Kier molecular flexibility index (Phi) is 2.85. The van der Waals surface area contributed by atoms with Crippen molar-refractivity contribution in [1.29, 1.82) is 0 Å². The molecular weight excluding hydrogens is 200 g/mol. The minimum absolute atomic E-state index is 0.107. The van der Waals surface area contributed by atoms with Crippen LogP contribution in [0.15, 0.2) is 17.8 Å². The van der Waals surface area contributed by atoms with Crippen molar-refractivity contribution in [3.8, 4) is 0 Å². The third-order valence-electron chi connectivity index (χ3n) is 1.73. The zero-order valence-corrected chi connectivity index (χ0v) is 8.31. The molecule has 0 atom stereocenters. The Balaban J connectivity index is 2.03. The first kappa shape index (κ1) is 9.29. The maximum absolute atomic E-state index is 8.70. The molecule has 14 heavy (non-hydrogen) atoms. The number of aromatic nitrogens is 4. The van der Waals surface area contributed by atoms with Gasteiger partial charge in [0, 0.05) is 30.8 Å². The standard InChI is InChI=1S/C8H10N4OS/c13-3-1-7-5-12(11-10-7)6-8-9-2-4-14-8/h2,4-5,13H,1,3,6H2. The van der Waals surface area contributed by atoms with Crippen molar-refractivity contribution >= 4 is 11.3 Å². The van der Waals surface area contributed by atoms with Crippen LogP contribution in [-0.4, -0.2) is 31.7 Å². The van der Waals surface area contributed by atoms with Crippen LogP contribution >= 0.6 is 11.3 Å². The molecule has 1 N–H and O–H groups in total. The molecule has 0 aliphatic carbocycles. The molecule has 0 fully saturated rings. The van der Waals surface area contributed by atoms with E-state index >= 15 is 0 Å². The van der Waals surface area contributed by atoms with Gasteiger partial charge in [-0.2, -0.15) is 0 Å². The quantitative estimate of drug-likeness (QED) is 0.789. The number of hydrogen-bond donors (Lipinski definition) is 1. The highest BCUT2D eigenvalue weighted by molar-refractivity contribution is 7.09. The number of aliphatic hydroxyl groups is 1. The highest BCUT2D eigenvalue weighted by Gasteiger charge is 2.01. The predicted molar refractivity (Wildman–Crippen MR) is 52.0 cm³/mol. The van der Waals surface area contributed by atoms with Crippen LogP contribution in [0.2, 0.25) is 0 Å². The van der Waals surface area contributed by atoms with Gasteiger partial charge in [0.25, 0.3) is 0 Å². The van der Waals surface area contributed by atoms with Gasteiger partial charge in [-0.3, -0.25) is 0 Å². The molecule has 74 valence electrons. The minimum atomic E-state index is 0.107. The lowest BCUT2D eigenvalue weighted by Crippen LogP contribution is -1.99. The summed E-state index contributed by atoms with van der Waals surface area (Å²) < 4.78 is 1.73. The van der Waals surface area contributed by atoms with E-state index in [9.17, 15) is 0 Å². The Morgan fingerprint density at radius 1 is 1.50 bits per heavy atom. The van der Waals surface area contributed by atoms with Gasteiger partial charge in [0.2, 0.25) is 0 Å². The molecule has 2 rings (SSSR count).